The minimum Gasteiger partial charge on any atom is -0.506 e. The molecule has 1 aliphatic rings. The molecule has 3 aromatic rings. The first-order chi connectivity index (χ1) is 14.1. The Balaban J connectivity index is 1.99. The number of rotatable bonds is 3. The summed E-state index contributed by atoms with van der Waals surface area (Å²) in [4.78, 5) is 46.2. The predicted molar refractivity (Wildman–Crippen MR) is 106 cm³/mol. The van der Waals surface area contributed by atoms with E-state index in [0.29, 0.717) is 23.5 Å². The molecule has 0 radical (unpaired) electrons. The molecule has 0 bridgehead atoms. The van der Waals surface area contributed by atoms with Crippen molar-refractivity contribution in [3.8, 4) is 17.1 Å². The molecule has 0 atom stereocenters. The average Bonchev–Trinajstić information content (AvgIpc) is 2.74. The SMILES string of the molecule is O=C1CCCC(=O)C1=C(O)c1cnc(-c2cccnc2)n(-c2ccccc2)c1=O. The molecule has 7 nitrogen and oxygen atoms in total. The van der Waals surface area contributed by atoms with Gasteiger partial charge in [-0.05, 0) is 30.7 Å². The molecule has 2 aromatic heterocycles. The molecule has 2 heterocycles. The van der Waals surface area contributed by atoms with E-state index in [4.69, 9.17) is 0 Å². The number of carbonyl (C=O) groups excluding carboxylic acids is 2. The van der Waals surface area contributed by atoms with Gasteiger partial charge in [-0.1, -0.05) is 18.2 Å². The van der Waals surface area contributed by atoms with E-state index in [1.807, 2.05) is 6.07 Å². The molecule has 1 aliphatic carbocycles. The molecule has 144 valence electrons. The number of Topliss-reactive ketones (excluding diaryl/α,β-unsaturated/α-hetero) is 2. The van der Waals surface area contributed by atoms with Gasteiger partial charge in [-0.15, -0.1) is 0 Å². The zero-order chi connectivity index (χ0) is 20.4. The lowest BCUT2D eigenvalue weighted by Gasteiger charge is -2.16. The quantitative estimate of drug-likeness (QED) is 0.421. The van der Waals surface area contributed by atoms with Crippen LogP contribution in [0.4, 0.5) is 0 Å². The number of benzene rings is 1. The van der Waals surface area contributed by atoms with E-state index in [1.54, 1.807) is 48.8 Å². The van der Waals surface area contributed by atoms with Crippen molar-refractivity contribution >= 4 is 17.3 Å². The number of nitrogens with zero attached hydrogens (tertiary/aromatic N) is 3. The molecule has 0 amide bonds. The van der Waals surface area contributed by atoms with E-state index in [1.165, 1.54) is 10.8 Å². The largest absolute Gasteiger partial charge is 0.506 e. The first-order valence-corrected chi connectivity index (χ1v) is 9.16. The second kappa shape index (κ2) is 7.63. The maximum absolute atomic E-state index is 13.3. The van der Waals surface area contributed by atoms with Gasteiger partial charge in [0.1, 0.15) is 22.7 Å². The van der Waals surface area contributed by atoms with Crippen molar-refractivity contribution in [1.82, 2.24) is 14.5 Å². The van der Waals surface area contributed by atoms with E-state index < -0.39 is 22.9 Å². The van der Waals surface area contributed by atoms with Crippen LogP contribution in [0.5, 0.6) is 0 Å². The van der Waals surface area contributed by atoms with Gasteiger partial charge in [-0.2, -0.15) is 0 Å². The van der Waals surface area contributed by atoms with Crippen molar-refractivity contribution in [3.05, 3.63) is 82.5 Å². The number of ketones is 2. The normalized spacial score (nSPS) is 14.1. The third kappa shape index (κ3) is 3.38. The summed E-state index contributed by atoms with van der Waals surface area (Å²) in [5.74, 6) is -1.20. The Hall–Kier alpha value is -3.87. The van der Waals surface area contributed by atoms with Crippen molar-refractivity contribution in [1.29, 1.82) is 0 Å². The summed E-state index contributed by atoms with van der Waals surface area (Å²) in [5.41, 5.74) is 0.0481. The lowest BCUT2D eigenvalue weighted by molar-refractivity contribution is -0.123. The van der Waals surface area contributed by atoms with Crippen molar-refractivity contribution in [3.63, 3.8) is 0 Å². The molecular formula is C22H17N3O4. The van der Waals surface area contributed by atoms with Crippen molar-refractivity contribution in [2.24, 2.45) is 0 Å². The Labute approximate surface area is 166 Å². The van der Waals surface area contributed by atoms with E-state index in [9.17, 15) is 19.5 Å². The number of carbonyl (C=O) groups is 2. The van der Waals surface area contributed by atoms with Crippen LogP contribution < -0.4 is 5.56 Å². The molecule has 7 heteroatoms. The van der Waals surface area contributed by atoms with Crippen LogP contribution >= 0.6 is 0 Å². The Bertz CT molecular complexity index is 1160. The second-order valence-corrected chi connectivity index (χ2v) is 6.64. The number of pyridine rings is 1. The van der Waals surface area contributed by atoms with Crippen LogP contribution in [0.25, 0.3) is 22.8 Å². The van der Waals surface area contributed by atoms with Gasteiger partial charge in [-0.25, -0.2) is 4.98 Å². The number of aromatic nitrogens is 3. The summed E-state index contributed by atoms with van der Waals surface area (Å²) >= 11 is 0. The summed E-state index contributed by atoms with van der Waals surface area (Å²) in [6.07, 6.45) is 5.16. The number of allylic oxidation sites excluding steroid dienone is 1. The van der Waals surface area contributed by atoms with Gasteiger partial charge >= 0.3 is 0 Å². The molecule has 1 fully saturated rings. The number of aliphatic hydroxyl groups excluding tert-OH is 1. The van der Waals surface area contributed by atoms with Crippen molar-refractivity contribution in [2.45, 2.75) is 19.3 Å². The highest BCUT2D eigenvalue weighted by molar-refractivity contribution is 6.25. The Morgan fingerprint density at radius 3 is 2.31 bits per heavy atom. The van der Waals surface area contributed by atoms with Gasteiger partial charge in [0.15, 0.2) is 11.6 Å². The van der Waals surface area contributed by atoms with Crippen LogP contribution in [0.3, 0.4) is 0 Å². The number of para-hydroxylation sites is 1. The van der Waals surface area contributed by atoms with Gasteiger partial charge in [0.2, 0.25) is 0 Å². The van der Waals surface area contributed by atoms with Crippen LogP contribution in [0, 0.1) is 0 Å². The van der Waals surface area contributed by atoms with Crippen LogP contribution in [0.2, 0.25) is 0 Å². The minimum absolute atomic E-state index is 0.166. The van der Waals surface area contributed by atoms with E-state index in [0.717, 1.165) is 0 Å². The van der Waals surface area contributed by atoms with Gasteiger partial charge in [0, 0.05) is 37.0 Å². The van der Waals surface area contributed by atoms with Crippen LogP contribution in [0.15, 0.2) is 71.4 Å². The number of aliphatic hydroxyl groups is 1. The van der Waals surface area contributed by atoms with Crippen LogP contribution in [0.1, 0.15) is 24.8 Å². The summed E-state index contributed by atoms with van der Waals surface area (Å²) < 4.78 is 1.33. The maximum atomic E-state index is 13.3. The predicted octanol–water partition coefficient (Wildman–Crippen LogP) is 2.89. The minimum atomic E-state index is -0.611. The molecular weight excluding hydrogens is 370 g/mol. The molecule has 0 saturated heterocycles. The number of hydrogen-bond acceptors (Lipinski definition) is 6. The summed E-state index contributed by atoms with van der Waals surface area (Å²) in [6.45, 7) is 0. The third-order valence-corrected chi connectivity index (χ3v) is 4.75. The first-order valence-electron chi connectivity index (χ1n) is 9.16. The highest BCUT2D eigenvalue weighted by Gasteiger charge is 2.29. The standard InChI is InChI=1S/C22H17N3O4/c26-17-9-4-10-18(27)19(17)20(28)16-13-24-21(14-6-5-11-23-12-14)25(22(16)29)15-7-2-1-3-8-15/h1-3,5-8,11-13,28H,4,9-10H2. The lowest BCUT2D eigenvalue weighted by atomic mass is 9.90. The topological polar surface area (TPSA) is 102 Å². The first kappa shape index (κ1) is 18.5. The fourth-order valence-electron chi connectivity index (χ4n) is 3.35. The maximum Gasteiger partial charge on any atom is 0.269 e. The fourth-order valence-corrected chi connectivity index (χ4v) is 3.35. The van der Waals surface area contributed by atoms with Crippen molar-refractivity contribution < 1.29 is 14.7 Å². The average molecular weight is 387 g/mol. The fraction of sp³-hybridized carbons (Fsp3) is 0.136. The monoisotopic (exact) mass is 387 g/mol. The van der Waals surface area contributed by atoms with Crippen LogP contribution in [-0.2, 0) is 9.59 Å². The lowest BCUT2D eigenvalue weighted by Crippen LogP contribution is -2.27. The molecule has 4 rings (SSSR count). The summed E-state index contributed by atoms with van der Waals surface area (Å²) in [7, 11) is 0. The molecule has 1 aromatic carbocycles. The van der Waals surface area contributed by atoms with Crippen molar-refractivity contribution in [2.75, 3.05) is 0 Å². The van der Waals surface area contributed by atoms with E-state index in [2.05, 4.69) is 9.97 Å². The zero-order valence-corrected chi connectivity index (χ0v) is 15.4. The van der Waals surface area contributed by atoms with Gasteiger partial charge in [0.05, 0.1) is 5.69 Å². The highest BCUT2D eigenvalue weighted by atomic mass is 16.3. The Morgan fingerprint density at radius 2 is 1.66 bits per heavy atom. The molecule has 1 N–H and O–H groups in total. The second-order valence-electron chi connectivity index (χ2n) is 6.64. The Morgan fingerprint density at radius 1 is 0.931 bits per heavy atom. The van der Waals surface area contributed by atoms with Gasteiger partial charge in [0.25, 0.3) is 5.56 Å². The summed E-state index contributed by atoms with van der Waals surface area (Å²) in [6, 6.07) is 12.3. The molecule has 0 aliphatic heterocycles. The van der Waals surface area contributed by atoms with Gasteiger partial charge < -0.3 is 5.11 Å². The van der Waals surface area contributed by atoms with Gasteiger partial charge in [-0.3, -0.25) is 23.9 Å². The molecule has 0 spiro atoms. The summed E-state index contributed by atoms with van der Waals surface area (Å²) in [5, 5.41) is 10.7. The highest BCUT2D eigenvalue weighted by Crippen LogP contribution is 2.25. The molecule has 1 saturated carbocycles. The molecule has 29 heavy (non-hydrogen) atoms. The van der Waals surface area contributed by atoms with E-state index >= 15 is 0 Å². The molecule has 0 unspecified atom stereocenters. The number of hydrogen-bond donors (Lipinski definition) is 1. The Kier molecular flexibility index (Phi) is 4.87. The van der Waals surface area contributed by atoms with Crippen LogP contribution in [-0.4, -0.2) is 31.2 Å². The smallest absolute Gasteiger partial charge is 0.269 e. The van der Waals surface area contributed by atoms with E-state index in [-0.39, 0.29) is 24.0 Å². The third-order valence-electron chi connectivity index (χ3n) is 4.75. The zero-order valence-electron chi connectivity index (χ0n) is 15.4.